The summed E-state index contributed by atoms with van der Waals surface area (Å²) < 4.78 is 7.66. The van der Waals surface area contributed by atoms with E-state index >= 15 is 0 Å². The summed E-state index contributed by atoms with van der Waals surface area (Å²) >= 11 is 1.80. The quantitative estimate of drug-likeness (QED) is 0.852. The van der Waals surface area contributed by atoms with Crippen LogP contribution < -0.4 is 0 Å². The van der Waals surface area contributed by atoms with Crippen LogP contribution in [0.4, 0.5) is 0 Å². The Morgan fingerprint density at radius 2 is 2.36 bits per heavy atom. The highest BCUT2D eigenvalue weighted by Gasteiger charge is 2.39. The van der Waals surface area contributed by atoms with E-state index in [-0.39, 0.29) is 17.9 Å². The van der Waals surface area contributed by atoms with Gasteiger partial charge < -0.3 is 9.64 Å². The van der Waals surface area contributed by atoms with E-state index in [4.69, 9.17) is 4.74 Å². The van der Waals surface area contributed by atoms with E-state index in [0.29, 0.717) is 6.61 Å². The Morgan fingerprint density at radius 1 is 1.45 bits per heavy atom. The first-order valence-corrected chi connectivity index (χ1v) is 8.55. The molecule has 1 saturated heterocycles. The molecule has 4 rings (SSSR count). The van der Waals surface area contributed by atoms with Crippen LogP contribution in [0.5, 0.6) is 0 Å². The second-order valence-corrected chi connectivity index (χ2v) is 6.95. The fourth-order valence-electron chi connectivity index (χ4n) is 3.47. The standard InChI is InChI=1S/C16H19N3O2S/c1-18-13(2-6-17-18)15-12(4-8-21-15)16(20)19-7-3-14-11(10-19)5-9-22-14/h2,5-6,9,12,15H,3-4,7-8,10H2,1H3/t12-,15-/m1/s1. The minimum Gasteiger partial charge on any atom is -0.371 e. The molecular weight excluding hydrogens is 298 g/mol. The van der Waals surface area contributed by atoms with Crippen molar-refractivity contribution in [3.05, 3.63) is 39.8 Å². The van der Waals surface area contributed by atoms with Crippen LogP contribution in [0.25, 0.3) is 0 Å². The van der Waals surface area contributed by atoms with Crippen LogP contribution in [0.2, 0.25) is 0 Å². The Labute approximate surface area is 133 Å². The molecule has 0 bridgehead atoms. The van der Waals surface area contributed by atoms with Crippen LogP contribution >= 0.6 is 11.3 Å². The summed E-state index contributed by atoms with van der Waals surface area (Å²) in [6, 6.07) is 4.09. The number of carbonyl (C=O) groups is 1. The van der Waals surface area contributed by atoms with Gasteiger partial charge in [-0.25, -0.2) is 0 Å². The van der Waals surface area contributed by atoms with Gasteiger partial charge in [0.05, 0.1) is 11.6 Å². The number of hydrogen-bond acceptors (Lipinski definition) is 4. The topological polar surface area (TPSA) is 47.4 Å². The first-order chi connectivity index (χ1) is 10.7. The van der Waals surface area contributed by atoms with Crippen molar-refractivity contribution in [3.63, 3.8) is 0 Å². The van der Waals surface area contributed by atoms with Crippen molar-refractivity contribution in [3.8, 4) is 0 Å². The lowest BCUT2D eigenvalue weighted by Gasteiger charge is -2.30. The van der Waals surface area contributed by atoms with Gasteiger partial charge in [0.2, 0.25) is 5.91 Å². The summed E-state index contributed by atoms with van der Waals surface area (Å²) in [5.41, 5.74) is 2.30. The molecule has 1 amide bonds. The molecular formula is C16H19N3O2S. The molecule has 2 atom stereocenters. The van der Waals surface area contributed by atoms with Gasteiger partial charge in [-0.2, -0.15) is 5.10 Å². The van der Waals surface area contributed by atoms with Gasteiger partial charge in [-0.3, -0.25) is 9.48 Å². The van der Waals surface area contributed by atoms with Crippen molar-refractivity contribution in [2.45, 2.75) is 25.5 Å². The van der Waals surface area contributed by atoms with E-state index in [1.807, 2.05) is 22.7 Å². The number of hydrogen-bond donors (Lipinski definition) is 0. The molecule has 2 aromatic rings. The molecule has 5 nitrogen and oxygen atoms in total. The van der Waals surface area contributed by atoms with E-state index in [9.17, 15) is 4.79 Å². The van der Waals surface area contributed by atoms with E-state index < -0.39 is 0 Å². The van der Waals surface area contributed by atoms with Crippen LogP contribution in [0.1, 0.15) is 28.7 Å². The largest absolute Gasteiger partial charge is 0.371 e. The van der Waals surface area contributed by atoms with Gasteiger partial charge in [0.1, 0.15) is 6.10 Å². The van der Waals surface area contributed by atoms with Gasteiger partial charge in [-0.15, -0.1) is 11.3 Å². The number of rotatable bonds is 2. The maximum absolute atomic E-state index is 13.0. The first-order valence-electron chi connectivity index (χ1n) is 7.67. The minimum atomic E-state index is -0.163. The van der Waals surface area contributed by atoms with Crippen LogP contribution in [-0.2, 0) is 29.5 Å². The highest BCUT2D eigenvalue weighted by molar-refractivity contribution is 7.10. The second kappa shape index (κ2) is 5.52. The number of aryl methyl sites for hydroxylation is 1. The summed E-state index contributed by atoms with van der Waals surface area (Å²) in [4.78, 5) is 16.4. The van der Waals surface area contributed by atoms with Crippen molar-refractivity contribution in [2.75, 3.05) is 13.2 Å². The zero-order valence-corrected chi connectivity index (χ0v) is 13.4. The number of fused-ring (bicyclic) bond motifs is 1. The number of carbonyl (C=O) groups excluding carboxylic acids is 1. The summed E-state index contributed by atoms with van der Waals surface area (Å²) in [5, 5.41) is 6.32. The van der Waals surface area contributed by atoms with E-state index in [1.165, 1.54) is 10.4 Å². The third-order valence-electron chi connectivity index (χ3n) is 4.68. The lowest BCUT2D eigenvalue weighted by atomic mass is 9.96. The molecule has 2 aliphatic heterocycles. The van der Waals surface area contributed by atoms with E-state index in [2.05, 4.69) is 16.5 Å². The minimum absolute atomic E-state index is 0.0874. The van der Waals surface area contributed by atoms with Crippen LogP contribution in [0.3, 0.4) is 0 Å². The van der Waals surface area contributed by atoms with Crippen LogP contribution in [0, 0.1) is 5.92 Å². The average molecular weight is 317 g/mol. The van der Waals surface area contributed by atoms with Crippen molar-refractivity contribution in [1.29, 1.82) is 0 Å². The van der Waals surface area contributed by atoms with Gasteiger partial charge in [0, 0.05) is 37.8 Å². The molecule has 2 aromatic heterocycles. The molecule has 1 fully saturated rings. The third kappa shape index (κ3) is 2.27. The molecule has 22 heavy (non-hydrogen) atoms. The van der Waals surface area contributed by atoms with Crippen LogP contribution in [0.15, 0.2) is 23.7 Å². The van der Waals surface area contributed by atoms with Gasteiger partial charge in [-0.1, -0.05) is 0 Å². The number of thiophene rings is 1. The second-order valence-electron chi connectivity index (χ2n) is 5.95. The average Bonchev–Trinajstić information content (AvgIpc) is 3.25. The number of aromatic nitrogens is 2. The van der Waals surface area contributed by atoms with Crippen LogP contribution in [-0.4, -0.2) is 33.7 Å². The predicted molar refractivity (Wildman–Crippen MR) is 83.4 cm³/mol. The zero-order valence-electron chi connectivity index (χ0n) is 12.6. The molecule has 116 valence electrons. The fraction of sp³-hybridized carbons (Fsp3) is 0.500. The molecule has 0 saturated carbocycles. The highest BCUT2D eigenvalue weighted by Crippen LogP contribution is 2.36. The summed E-state index contributed by atoms with van der Waals surface area (Å²) in [5.74, 6) is 0.135. The SMILES string of the molecule is Cn1nccc1[C@@H]1OCC[C@H]1C(=O)N1CCc2sccc2C1. The van der Waals surface area contributed by atoms with Gasteiger partial charge in [-0.05, 0) is 35.9 Å². The van der Waals surface area contributed by atoms with Gasteiger partial charge >= 0.3 is 0 Å². The summed E-state index contributed by atoms with van der Waals surface area (Å²) in [6.07, 6.45) is 3.37. The lowest BCUT2D eigenvalue weighted by molar-refractivity contribution is -0.138. The van der Waals surface area contributed by atoms with Crippen molar-refractivity contribution < 1.29 is 9.53 Å². The molecule has 4 heterocycles. The summed E-state index contributed by atoms with van der Waals surface area (Å²) in [6.45, 7) is 2.21. The fourth-order valence-corrected chi connectivity index (χ4v) is 4.36. The van der Waals surface area contributed by atoms with Gasteiger partial charge in [0.15, 0.2) is 0 Å². The molecule has 6 heteroatoms. The Bertz CT molecular complexity index is 693. The molecule has 0 aliphatic carbocycles. The number of ether oxygens (including phenoxy) is 1. The molecule has 0 N–H and O–H groups in total. The lowest BCUT2D eigenvalue weighted by Crippen LogP contribution is -2.40. The first kappa shape index (κ1) is 14.0. The molecule has 0 spiro atoms. The Hall–Kier alpha value is -1.66. The Balaban J connectivity index is 1.54. The molecule has 0 aromatic carbocycles. The number of nitrogens with zero attached hydrogens (tertiary/aromatic N) is 3. The zero-order chi connectivity index (χ0) is 15.1. The molecule has 2 aliphatic rings. The molecule has 0 unspecified atom stereocenters. The maximum Gasteiger partial charge on any atom is 0.229 e. The number of amides is 1. The normalized spacial score (nSPS) is 24.5. The van der Waals surface area contributed by atoms with Gasteiger partial charge in [0.25, 0.3) is 0 Å². The summed E-state index contributed by atoms with van der Waals surface area (Å²) in [7, 11) is 1.90. The monoisotopic (exact) mass is 317 g/mol. The maximum atomic E-state index is 13.0. The smallest absolute Gasteiger partial charge is 0.229 e. The van der Waals surface area contributed by atoms with Crippen molar-refractivity contribution in [1.82, 2.24) is 14.7 Å². The molecule has 0 radical (unpaired) electrons. The van der Waals surface area contributed by atoms with E-state index in [0.717, 1.165) is 31.6 Å². The predicted octanol–water partition coefficient (Wildman–Crippen LogP) is 2.14. The Kier molecular flexibility index (Phi) is 3.50. The van der Waals surface area contributed by atoms with Crippen molar-refractivity contribution in [2.24, 2.45) is 13.0 Å². The van der Waals surface area contributed by atoms with E-state index in [1.54, 1.807) is 17.5 Å². The third-order valence-corrected chi connectivity index (χ3v) is 5.70. The Morgan fingerprint density at radius 3 is 3.18 bits per heavy atom. The van der Waals surface area contributed by atoms with Crippen molar-refractivity contribution >= 4 is 17.2 Å². The highest BCUT2D eigenvalue weighted by atomic mass is 32.1.